The number of piperidine rings is 1. The maximum absolute atomic E-state index is 12.8. The third-order valence-electron chi connectivity index (χ3n) is 7.02. The Morgan fingerprint density at radius 1 is 1.15 bits per heavy atom. The van der Waals surface area contributed by atoms with Gasteiger partial charge in [0.1, 0.15) is 17.9 Å². The van der Waals surface area contributed by atoms with Gasteiger partial charge in [-0.3, -0.25) is 4.79 Å². The van der Waals surface area contributed by atoms with Crippen molar-refractivity contribution in [1.29, 1.82) is 0 Å². The molecule has 1 aromatic heterocycles. The molecule has 41 heavy (non-hydrogen) atoms. The summed E-state index contributed by atoms with van der Waals surface area (Å²) in [5.41, 5.74) is 2.68. The topological polar surface area (TPSA) is 112 Å². The highest BCUT2D eigenvalue weighted by Gasteiger charge is 2.25. The minimum atomic E-state index is -2.56. The molecule has 1 saturated heterocycles. The van der Waals surface area contributed by atoms with E-state index < -0.39 is 7.14 Å². The molecular formula is C29H37ClN7O3P. The number of halogens is 1. The number of hydrogen-bond donors (Lipinski definition) is 3. The molecule has 10 nitrogen and oxygen atoms in total. The van der Waals surface area contributed by atoms with Crippen molar-refractivity contribution in [2.75, 3.05) is 68.5 Å². The fourth-order valence-corrected chi connectivity index (χ4v) is 6.11. The minimum absolute atomic E-state index is 0.254. The van der Waals surface area contributed by atoms with Gasteiger partial charge in [-0.25, -0.2) is 4.98 Å². The molecule has 1 amide bonds. The van der Waals surface area contributed by atoms with Gasteiger partial charge in [0, 0.05) is 30.5 Å². The number of carbonyl (C=O) groups excluding carboxylic acids is 1. The van der Waals surface area contributed by atoms with Crippen molar-refractivity contribution in [3.05, 3.63) is 60.3 Å². The lowest BCUT2D eigenvalue weighted by molar-refractivity contribution is -0.111. The molecule has 1 aliphatic heterocycles. The molecule has 1 aliphatic rings. The average molecular weight is 598 g/mol. The fraction of sp³-hybridized carbons (Fsp3) is 0.345. The summed E-state index contributed by atoms with van der Waals surface area (Å²) in [7, 11) is 3.23. The first-order valence-electron chi connectivity index (χ1n) is 13.3. The van der Waals surface area contributed by atoms with Gasteiger partial charge < -0.3 is 35.1 Å². The van der Waals surface area contributed by atoms with E-state index in [0.29, 0.717) is 45.0 Å². The largest absolute Gasteiger partial charge is 0.494 e. The summed E-state index contributed by atoms with van der Waals surface area (Å²) in [6.45, 7) is 8.71. The number of rotatable bonds is 10. The SMILES string of the molecule is C=CC(=O)Nc1cc(Nc2ncc(Cl)c(Nc3ccccc3P(C)(C)=O)n2)c(OC)cc1N1CCC(N(C)C)CC1. The molecule has 0 aliphatic carbocycles. The predicted molar refractivity (Wildman–Crippen MR) is 170 cm³/mol. The van der Waals surface area contributed by atoms with E-state index in [1.165, 1.54) is 12.3 Å². The Morgan fingerprint density at radius 3 is 2.49 bits per heavy atom. The average Bonchev–Trinajstić information content (AvgIpc) is 2.94. The van der Waals surface area contributed by atoms with Crippen molar-refractivity contribution in [1.82, 2.24) is 14.9 Å². The van der Waals surface area contributed by atoms with E-state index in [1.807, 2.05) is 30.3 Å². The number of benzene rings is 2. The van der Waals surface area contributed by atoms with Crippen molar-refractivity contribution in [3.63, 3.8) is 0 Å². The Bertz CT molecular complexity index is 1470. The van der Waals surface area contributed by atoms with Crippen LogP contribution in [0, 0.1) is 0 Å². The molecule has 0 radical (unpaired) electrons. The lowest BCUT2D eigenvalue weighted by atomic mass is 10.0. The number of ether oxygens (including phenoxy) is 1. The standard InChI is InChI=1S/C29H37ClN7O3P/c1-7-27(38)32-22-16-23(25(40-4)17-24(22)37-14-12-19(13-15-37)36(2)3)34-29-31-18-20(30)28(35-29)33-21-10-8-9-11-26(21)41(5,6)39/h7-11,16-19H,1,12-15H2,2-6H3,(H,32,38)(H2,31,33,34,35). The Labute approximate surface area is 246 Å². The van der Waals surface area contributed by atoms with E-state index in [-0.39, 0.29) is 11.9 Å². The van der Waals surface area contributed by atoms with Gasteiger partial charge in [-0.1, -0.05) is 30.3 Å². The second-order valence-electron chi connectivity index (χ2n) is 10.5. The van der Waals surface area contributed by atoms with E-state index in [2.05, 4.69) is 56.4 Å². The number of hydrogen-bond acceptors (Lipinski definition) is 9. The van der Waals surface area contributed by atoms with Gasteiger partial charge in [0.15, 0.2) is 5.82 Å². The maximum atomic E-state index is 12.8. The van der Waals surface area contributed by atoms with Crippen LogP contribution in [0.4, 0.5) is 34.5 Å². The molecule has 4 rings (SSSR count). The molecule has 3 aromatic rings. The van der Waals surface area contributed by atoms with E-state index in [4.69, 9.17) is 16.3 Å². The van der Waals surface area contributed by atoms with Gasteiger partial charge in [-0.15, -0.1) is 0 Å². The molecule has 3 N–H and O–H groups in total. The monoisotopic (exact) mass is 597 g/mol. The number of nitrogens with zero attached hydrogens (tertiary/aromatic N) is 4. The minimum Gasteiger partial charge on any atom is -0.494 e. The summed E-state index contributed by atoms with van der Waals surface area (Å²) in [5.74, 6) is 0.847. The quantitative estimate of drug-likeness (QED) is 0.205. The Morgan fingerprint density at radius 2 is 1.85 bits per heavy atom. The Balaban J connectivity index is 1.66. The molecule has 1 fully saturated rings. The van der Waals surface area contributed by atoms with Gasteiger partial charge in [-0.05, 0) is 64.5 Å². The van der Waals surface area contributed by atoms with Gasteiger partial charge in [0.25, 0.3) is 0 Å². The van der Waals surface area contributed by atoms with Crippen LogP contribution in [-0.4, -0.2) is 74.4 Å². The highest BCUT2D eigenvalue weighted by molar-refractivity contribution is 7.70. The molecule has 0 saturated carbocycles. The summed E-state index contributed by atoms with van der Waals surface area (Å²) in [5, 5.41) is 10.3. The van der Waals surface area contributed by atoms with E-state index in [1.54, 1.807) is 26.5 Å². The maximum Gasteiger partial charge on any atom is 0.247 e. The molecule has 218 valence electrons. The highest BCUT2D eigenvalue weighted by atomic mass is 35.5. The van der Waals surface area contributed by atoms with E-state index in [9.17, 15) is 9.36 Å². The van der Waals surface area contributed by atoms with E-state index in [0.717, 1.165) is 31.6 Å². The number of amides is 1. The second-order valence-corrected chi connectivity index (χ2v) is 14.0. The summed E-state index contributed by atoms with van der Waals surface area (Å²) >= 11 is 6.43. The van der Waals surface area contributed by atoms with Crippen molar-refractivity contribution in [2.45, 2.75) is 18.9 Å². The van der Waals surface area contributed by atoms with Crippen molar-refractivity contribution < 1.29 is 14.1 Å². The molecular weight excluding hydrogens is 561 g/mol. The highest BCUT2D eigenvalue weighted by Crippen LogP contribution is 2.41. The van der Waals surface area contributed by atoms with E-state index >= 15 is 0 Å². The van der Waals surface area contributed by atoms with Crippen LogP contribution in [0.5, 0.6) is 5.75 Å². The zero-order valence-corrected chi connectivity index (χ0v) is 25.7. The first kappa shape index (κ1) is 30.4. The van der Waals surface area contributed by atoms with Crippen LogP contribution in [0.1, 0.15) is 12.8 Å². The van der Waals surface area contributed by atoms with Crippen LogP contribution < -0.4 is 30.9 Å². The van der Waals surface area contributed by atoms with Gasteiger partial charge >= 0.3 is 0 Å². The molecule has 0 atom stereocenters. The smallest absolute Gasteiger partial charge is 0.247 e. The molecule has 0 unspecified atom stereocenters. The number of methoxy groups -OCH3 is 1. The summed E-state index contributed by atoms with van der Waals surface area (Å²) in [4.78, 5) is 25.8. The van der Waals surface area contributed by atoms with Gasteiger partial charge in [0.2, 0.25) is 11.9 Å². The first-order chi connectivity index (χ1) is 19.5. The third-order valence-corrected chi connectivity index (χ3v) is 8.85. The summed E-state index contributed by atoms with van der Waals surface area (Å²) in [6, 6.07) is 11.6. The van der Waals surface area contributed by atoms with Crippen LogP contribution in [0.2, 0.25) is 5.02 Å². The second kappa shape index (κ2) is 12.9. The Kier molecular flexibility index (Phi) is 9.58. The number of para-hydroxylation sites is 1. The molecule has 2 aromatic carbocycles. The van der Waals surface area contributed by atoms with Crippen molar-refractivity contribution in [2.24, 2.45) is 0 Å². The lowest BCUT2D eigenvalue weighted by Crippen LogP contribution is -2.42. The number of nitrogens with one attached hydrogen (secondary N) is 3. The van der Waals surface area contributed by atoms with Crippen LogP contribution in [0.3, 0.4) is 0 Å². The van der Waals surface area contributed by atoms with Crippen LogP contribution in [-0.2, 0) is 9.36 Å². The van der Waals surface area contributed by atoms with Gasteiger partial charge in [0.05, 0.1) is 36.1 Å². The molecule has 0 bridgehead atoms. The molecule has 0 spiro atoms. The molecule has 2 heterocycles. The normalized spacial score (nSPS) is 14.1. The predicted octanol–water partition coefficient (Wildman–Crippen LogP) is 5.53. The zero-order chi connectivity index (χ0) is 29.7. The number of carbonyl (C=O) groups is 1. The molecule has 12 heteroatoms. The van der Waals surface area contributed by atoms with Crippen LogP contribution in [0.15, 0.2) is 55.3 Å². The zero-order valence-electron chi connectivity index (χ0n) is 24.1. The van der Waals surface area contributed by atoms with Crippen molar-refractivity contribution in [3.8, 4) is 5.75 Å². The summed E-state index contributed by atoms with van der Waals surface area (Å²) < 4.78 is 18.6. The number of aromatic nitrogens is 2. The summed E-state index contributed by atoms with van der Waals surface area (Å²) in [6.07, 6.45) is 4.73. The van der Waals surface area contributed by atoms with Crippen LogP contribution in [0.25, 0.3) is 0 Å². The third kappa shape index (κ3) is 7.38. The lowest BCUT2D eigenvalue weighted by Gasteiger charge is -2.37. The fourth-order valence-electron chi connectivity index (χ4n) is 4.82. The first-order valence-corrected chi connectivity index (χ1v) is 16.3. The van der Waals surface area contributed by atoms with Crippen LogP contribution >= 0.6 is 18.7 Å². The van der Waals surface area contributed by atoms with Crippen molar-refractivity contribution >= 4 is 64.5 Å². The number of anilines is 6. The Hall–Kier alpha value is -3.59. The van der Waals surface area contributed by atoms with Gasteiger partial charge in [-0.2, -0.15) is 4.98 Å².